The molecule has 2 amide bonds. The number of carbonyl (C=O) groups excluding carboxylic acids is 2. The Morgan fingerprint density at radius 2 is 1.83 bits per heavy atom. The quantitative estimate of drug-likeness (QED) is 0.754. The van der Waals surface area contributed by atoms with Crippen molar-refractivity contribution >= 4 is 17.8 Å². The Bertz CT molecular complexity index is 794. The molecule has 0 unspecified atom stereocenters. The van der Waals surface area contributed by atoms with Crippen LogP contribution >= 0.6 is 0 Å². The molecule has 0 spiro atoms. The molecule has 1 aromatic carbocycles. The Morgan fingerprint density at radius 3 is 2.57 bits per heavy atom. The van der Waals surface area contributed by atoms with Gasteiger partial charge < -0.3 is 14.2 Å². The largest absolute Gasteiger partial charge is 0.467 e. The molecular formula is C16H13N3O4. The number of aromatic nitrogens is 1. The first kappa shape index (κ1) is 14.6. The predicted molar refractivity (Wildman–Crippen MR) is 80.8 cm³/mol. The predicted octanol–water partition coefficient (Wildman–Crippen LogP) is 2.45. The number of amides is 2. The van der Waals surface area contributed by atoms with E-state index in [1.165, 1.54) is 12.5 Å². The van der Waals surface area contributed by atoms with Crippen molar-refractivity contribution < 1.29 is 18.4 Å². The number of anilines is 1. The van der Waals surface area contributed by atoms with Crippen molar-refractivity contribution in [3.05, 3.63) is 72.0 Å². The van der Waals surface area contributed by atoms with Crippen molar-refractivity contribution in [2.24, 2.45) is 0 Å². The number of rotatable bonds is 5. The van der Waals surface area contributed by atoms with Gasteiger partial charge in [0, 0.05) is 5.56 Å². The maximum absolute atomic E-state index is 12.0. The molecule has 23 heavy (non-hydrogen) atoms. The van der Waals surface area contributed by atoms with Crippen molar-refractivity contribution in [3.63, 3.8) is 0 Å². The van der Waals surface area contributed by atoms with Crippen molar-refractivity contribution in [2.75, 3.05) is 5.32 Å². The second kappa shape index (κ2) is 6.61. The first-order valence-corrected chi connectivity index (χ1v) is 6.85. The van der Waals surface area contributed by atoms with Gasteiger partial charge in [-0.25, -0.2) is 0 Å². The van der Waals surface area contributed by atoms with Gasteiger partial charge in [0.15, 0.2) is 5.69 Å². The summed E-state index contributed by atoms with van der Waals surface area (Å²) in [5.41, 5.74) is 0.537. The van der Waals surface area contributed by atoms with Crippen LogP contribution in [0.4, 0.5) is 6.01 Å². The first-order valence-electron chi connectivity index (χ1n) is 6.85. The third kappa shape index (κ3) is 3.65. The van der Waals surface area contributed by atoms with E-state index in [0.717, 1.165) is 0 Å². The lowest BCUT2D eigenvalue weighted by molar-refractivity contribution is 0.0942. The van der Waals surface area contributed by atoms with E-state index >= 15 is 0 Å². The van der Waals surface area contributed by atoms with Gasteiger partial charge in [-0.05, 0) is 24.3 Å². The second-order valence-corrected chi connectivity index (χ2v) is 4.62. The van der Waals surface area contributed by atoms with Gasteiger partial charge in [-0.3, -0.25) is 14.9 Å². The molecule has 0 aliphatic carbocycles. The highest BCUT2D eigenvalue weighted by Crippen LogP contribution is 2.10. The minimum Gasteiger partial charge on any atom is -0.467 e. The summed E-state index contributed by atoms with van der Waals surface area (Å²) in [6.07, 6.45) is 2.70. The molecule has 0 bridgehead atoms. The van der Waals surface area contributed by atoms with Crippen LogP contribution < -0.4 is 10.6 Å². The molecule has 7 nitrogen and oxygen atoms in total. The Balaban J connectivity index is 1.59. The number of hydrogen-bond acceptors (Lipinski definition) is 5. The molecule has 0 aliphatic heterocycles. The zero-order chi connectivity index (χ0) is 16.1. The van der Waals surface area contributed by atoms with E-state index in [4.69, 9.17) is 8.83 Å². The Hall–Kier alpha value is -3.35. The third-order valence-electron chi connectivity index (χ3n) is 3.00. The summed E-state index contributed by atoms with van der Waals surface area (Å²) < 4.78 is 10.2. The molecule has 3 aromatic rings. The highest BCUT2D eigenvalue weighted by molar-refractivity contribution is 6.03. The molecule has 3 rings (SSSR count). The standard InChI is InChI=1S/C16H13N3O4/c20-14(11-5-2-1-3-6-11)19-16-18-13(10-23-16)15(21)17-9-12-7-4-8-22-12/h1-8,10H,9H2,(H,17,21)(H,18,19,20). The van der Waals surface area contributed by atoms with Crippen LogP contribution in [0.15, 0.2) is 63.8 Å². The zero-order valence-electron chi connectivity index (χ0n) is 12.0. The zero-order valence-corrected chi connectivity index (χ0v) is 12.0. The fourth-order valence-corrected chi connectivity index (χ4v) is 1.87. The lowest BCUT2D eigenvalue weighted by Gasteiger charge is -2.00. The highest BCUT2D eigenvalue weighted by atomic mass is 16.4. The van der Waals surface area contributed by atoms with Gasteiger partial charge in [-0.1, -0.05) is 18.2 Å². The van der Waals surface area contributed by atoms with E-state index < -0.39 is 5.91 Å². The Morgan fingerprint density at radius 1 is 1.00 bits per heavy atom. The summed E-state index contributed by atoms with van der Waals surface area (Å²) in [7, 11) is 0. The molecule has 116 valence electrons. The maximum atomic E-state index is 12.0. The molecule has 0 saturated heterocycles. The summed E-state index contributed by atoms with van der Waals surface area (Å²) in [6.45, 7) is 0.240. The number of oxazole rings is 1. The van der Waals surface area contributed by atoms with Crippen LogP contribution in [0.5, 0.6) is 0 Å². The summed E-state index contributed by atoms with van der Waals surface area (Å²) in [6, 6.07) is 12.1. The molecule has 2 heterocycles. The fraction of sp³-hybridized carbons (Fsp3) is 0.0625. The van der Waals surface area contributed by atoms with Crippen LogP contribution in [0.25, 0.3) is 0 Å². The van der Waals surface area contributed by atoms with Crippen LogP contribution in [0.1, 0.15) is 26.6 Å². The normalized spacial score (nSPS) is 10.3. The number of furan rings is 1. The highest BCUT2D eigenvalue weighted by Gasteiger charge is 2.14. The topological polar surface area (TPSA) is 97.4 Å². The van der Waals surface area contributed by atoms with E-state index in [1.54, 1.807) is 36.4 Å². The summed E-state index contributed by atoms with van der Waals surface area (Å²) >= 11 is 0. The van der Waals surface area contributed by atoms with E-state index in [9.17, 15) is 9.59 Å². The lowest BCUT2D eigenvalue weighted by Crippen LogP contribution is -2.23. The van der Waals surface area contributed by atoms with E-state index in [2.05, 4.69) is 15.6 Å². The first-order chi connectivity index (χ1) is 11.2. The van der Waals surface area contributed by atoms with Crippen molar-refractivity contribution in [2.45, 2.75) is 6.54 Å². The number of carbonyl (C=O) groups is 2. The van der Waals surface area contributed by atoms with Crippen LogP contribution in [-0.4, -0.2) is 16.8 Å². The van der Waals surface area contributed by atoms with Gasteiger partial charge in [-0.2, -0.15) is 4.98 Å². The summed E-state index contributed by atoms with van der Waals surface area (Å²) in [5, 5.41) is 5.12. The molecule has 7 heteroatoms. The van der Waals surface area contributed by atoms with E-state index in [-0.39, 0.29) is 24.2 Å². The van der Waals surface area contributed by atoms with E-state index in [0.29, 0.717) is 11.3 Å². The summed E-state index contributed by atoms with van der Waals surface area (Å²) in [4.78, 5) is 27.8. The molecule has 0 fully saturated rings. The van der Waals surface area contributed by atoms with Crippen LogP contribution in [-0.2, 0) is 6.54 Å². The van der Waals surface area contributed by atoms with E-state index in [1.807, 2.05) is 6.07 Å². The van der Waals surface area contributed by atoms with Crippen LogP contribution in [0.2, 0.25) is 0 Å². The molecule has 0 saturated carbocycles. The number of benzene rings is 1. The van der Waals surface area contributed by atoms with Crippen molar-refractivity contribution in [3.8, 4) is 0 Å². The number of hydrogen-bond donors (Lipinski definition) is 2. The molecule has 2 N–H and O–H groups in total. The minimum atomic E-state index is -0.426. The lowest BCUT2D eigenvalue weighted by atomic mass is 10.2. The maximum Gasteiger partial charge on any atom is 0.302 e. The smallest absolute Gasteiger partial charge is 0.302 e. The monoisotopic (exact) mass is 311 g/mol. The molecule has 0 radical (unpaired) electrons. The fourth-order valence-electron chi connectivity index (χ4n) is 1.87. The van der Waals surface area contributed by atoms with Gasteiger partial charge >= 0.3 is 6.01 Å². The minimum absolute atomic E-state index is 0.0398. The second-order valence-electron chi connectivity index (χ2n) is 4.62. The Kier molecular flexibility index (Phi) is 4.19. The average Bonchev–Trinajstić information content (AvgIpc) is 3.25. The van der Waals surface area contributed by atoms with Crippen molar-refractivity contribution in [1.82, 2.24) is 10.3 Å². The average molecular weight is 311 g/mol. The molecule has 0 aliphatic rings. The molecular weight excluding hydrogens is 298 g/mol. The molecule has 2 aromatic heterocycles. The van der Waals surface area contributed by atoms with Gasteiger partial charge in [0.05, 0.1) is 12.8 Å². The SMILES string of the molecule is O=C(Nc1nc(C(=O)NCc2ccco2)co1)c1ccccc1. The number of nitrogens with one attached hydrogen (secondary N) is 2. The molecule has 0 atom stereocenters. The summed E-state index contributed by atoms with van der Waals surface area (Å²) in [5.74, 6) is -0.167. The third-order valence-corrected chi connectivity index (χ3v) is 3.00. The van der Waals surface area contributed by atoms with Crippen LogP contribution in [0.3, 0.4) is 0 Å². The van der Waals surface area contributed by atoms with Gasteiger partial charge in [0.25, 0.3) is 11.8 Å². The van der Waals surface area contributed by atoms with Gasteiger partial charge in [0.1, 0.15) is 12.0 Å². The van der Waals surface area contributed by atoms with Crippen LogP contribution in [0, 0.1) is 0 Å². The van der Waals surface area contributed by atoms with Crippen molar-refractivity contribution in [1.29, 1.82) is 0 Å². The van der Waals surface area contributed by atoms with Gasteiger partial charge in [0.2, 0.25) is 0 Å². The number of nitrogens with zero attached hydrogens (tertiary/aromatic N) is 1. The van der Waals surface area contributed by atoms with Gasteiger partial charge in [-0.15, -0.1) is 0 Å². The Labute approximate surface area is 131 Å².